The molecule has 0 radical (unpaired) electrons. The summed E-state index contributed by atoms with van der Waals surface area (Å²) in [6.45, 7) is 2.00. The molecule has 0 amide bonds. The van der Waals surface area contributed by atoms with E-state index in [-0.39, 0.29) is 5.88 Å². The van der Waals surface area contributed by atoms with Gasteiger partial charge in [0.05, 0.1) is 6.20 Å². The zero-order chi connectivity index (χ0) is 10.1. The number of H-pyrrole nitrogens is 1. The van der Waals surface area contributed by atoms with Crippen molar-refractivity contribution in [2.75, 3.05) is 0 Å². The number of rotatable bonds is 1. The second-order valence-electron chi connectivity index (χ2n) is 3.08. The number of benzene rings is 1. The van der Waals surface area contributed by atoms with Crippen LogP contribution in [0.3, 0.4) is 0 Å². The molecule has 0 saturated heterocycles. The summed E-state index contributed by atoms with van der Waals surface area (Å²) in [5.41, 5.74) is 2.10. The van der Waals surface area contributed by atoms with E-state index >= 15 is 0 Å². The molecule has 1 aromatic heterocycles. The van der Waals surface area contributed by atoms with Crippen LogP contribution in [0, 0.1) is 6.92 Å². The largest absolute Gasteiger partial charge is 0.493 e. The zero-order valence-corrected chi connectivity index (χ0v) is 9.17. The summed E-state index contributed by atoms with van der Waals surface area (Å²) in [4.78, 5) is 6.84. The van der Waals surface area contributed by atoms with Crippen LogP contribution in [0.15, 0.2) is 28.9 Å². The lowest BCUT2D eigenvalue weighted by Crippen LogP contribution is -1.84. The molecule has 2 aromatic rings. The minimum Gasteiger partial charge on any atom is -0.493 e. The van der Waals surface area contributed by atoms with Crippen LogP contribution in [0.4, 0.5) is 0 Å². The molecule has 72 valence electrons. The molecule has 0 bridgehead atoms. The van der Waals surface area contributed by atoms with Crippen molar-refractivity contribution in [3.63, 3.8) is 0 Å². The average molecular weight is 253 g/mol. The van der Waals surface area contributed by atoms with Crippen LogP contribution >= 0.6 is 15.9 Å². The highest BCUT2D eigenvalue weighted by Crippen LogP contribution is 2.24. The smallest absolute Gasteiger partial charge is 0.208 e. The van der Waals surface area contributed by atoms with Gasteiger partial charge in [0.1, 0.15) is 5.82 Å². The Kier molecular flexibility index (Phi) is 2.29. The van der Waals surface area contributed by atoms with Crippen molar-refractivity contribution in [1.29, 1.82) is 0 Å². The van der Waals surface area contributed by atoms with Crippen molar-refractivity contribution >= 4 is 15.9 Å². The maximum atomic E-state index is 9.13. The summed E-state index contributed by atoms with van der Waals surface area (Å²) in [7, 11) is 0. The predicted octanol–water partition coefficient (Wildman–Crippen LogP) is 2.85. The summed E-state index contributed by atoms with van der Waals surface area (Å²) >= 11 is 3.39. The minimum atomic E-state index is 0.0855. The van der Waals surface area contributed by atoms with Gasteiger partial charge in [-0.25, -0.2) is 4.98 Å². The maximum absolute atomic E-state index is 9.13. The van der Waals surface area contributed by atoms with Gasteiger partial charge in [-0.3, -0.25) is 0 Å². The lowest BCUT2D eigenvalue weighted by atomic mass is 10.1. The third-order valence-corrected chi connectivity index (χ3v) is 2.50. The molecule has 1 heterocycles. The molecule has 4 heteroatoms. The van der Waals surface area contributed by atoms with E-state index in [2.05, 4.69) is 25.9 Å². The van der Waals surface area contributed by atoms with Gasteiger partial charge in [0.2, 0.25) is 5.88 Å². The molecule has 0 aliphatic carbocycles. The lowest BCUT2D eigenvalue weighted by molar-refractivity contribution is 0.457. The van der Waals surface area contributed by atoms with Crippen molar-refractivity contribution in [2.45, 2.75) is 6.92 Å². The van der Waals surface area contributed by atoms with Gasteiger partial charge in [-0.15, -0.1) is 0 Å². The second kappa shape index (κ2) is 3.46. The van der Waals surface area contributed by atoms with E-state index in [9.17, 15) is 0 Å². The van der Waals surface area contributed by atoms with Crippen LogP contribution in [-0.4, -0.2) is 15.1 Å². The Morgan fingerprint density at radius 2 is 2.21 bits per heavy atom. The molecule has 1 aromatic carbocycles. The van der Waals surface area contributed by atoms with E-state index in [1.807, 2.05) is 25.1 Å². The van der Waals surface area contributed by atoms with E-state index in [4.69, 9.17) is 5.11 Å². The van der Waals surface area contributed by atoms with Crippen LogP contribution in [0.5, 0.6) is 5.88 Å². The number of imidazole rings is 1. The fourth-order valence-corrected chi connectivity index (χ4v) is 1.82. The molecule has 0 unspecified atom stereocenters. The molecule has 0 spiro atoms. The third kappa shape index (κ3) is 1.65. The molecule has 2 N–H and O–H groups in total. The van der Waals surface area contributed by atoms with Gasteiger partial charge in [-0.2, -0.15) is 0 Å². The maximum Gasteiger partial charge on any atom is 0.208 e. The van der Waals surface area contributed by atoms with Crippen LogP contribution in [0.2, 0.25) is 0 Å². The Hall–Kier alpha value is -1.29. The fourth-order valence-electron chi connectivity index (χ4n) is 1.34. The highest BCUT2D eigenvalue weighted by molar-refractivity contribution is 9.10. The van der Waals surface area contributed by atoms with Gasteiger partial charge < -0.3 is 10.1 Å². The number of aromatic nitrogens is 2. The molecule has 0 fully saturated rings. The van der Waals surface area contributed by atoms with Gasteiger partial charge in [-0.05, 0) is 30.7 Å². The summed E-state index contributed by atoms with van der Waals surface area (Å²) < 4.78 is 1.04. The highest BCUT2D eigenvalue weighted by Gasteiger charge is 2.05. The standard InChI is InChI=1S/C10H9BrN2O/c1-6-4-7(11)2-3-8(6)10-12-5-9(14)13-10/h2-5,14H,1H3,(H,12,13). The molecule has 14 heavy (non-hydrogen) atoms. The zero-order valence-electron chi connectivity index (χ0n) is 7.58. The van der Waals surface area contributed by atoms with Crippen molar-refractivity contribution in [1.82, 2.24) is 9.97 Å². The number of halogens is 1. The van der Waals surface area contributed by atoms with Crippen LogP contribution in [0.1, 0.15) is 5.56 Å². The monoisotopic (exact) mass is 252 g/mol. The second-order valence-corrected chi connectivity index (χ2v) is 3.99. The number of hydrogen-bond acceptors (Lipinski definition) is 2. The Balaban J connectivity index is 2.52. The number of nitrogens with one attached hydrogen (secondary N) is 1. The van der Waals surface area contributed by atoms with E-state index < -0.39 is 0 Å². The first-order valence-corrected chi connectivity index (χ1v) is 4.96. The number of aromatic amines is 1. The number of aryl methyl sites for hydroxylation is 1. The number of nitrogens with zero attached hydrogens (tertiary/aromatic N) is 1. The summed E-state index contributed by atoms with van der Waals surface area (Å²) in [5, 5.41) is 9.13. The average Bonchev–Trinajstić information content (AvgIpc) is 2.51. The molecule has 3 nitrogen and oxygen atoms in total. The van der Waals surface area contributed by atoms with Gasteiger partial charge in [0, 0.05) is 10.0 Å². The fraction of sp³-hybridized carbons (Fsp3) is 0.100. The lowest BCUT2D eigenvalue weighted by Gasteiger charge is -2.02. The first-order valence-electron chi connectivity index (χ1n) is 4.17. The van der Waals surface area contributed by atoms with E-state index in [1.54, 1.807) is 0 Å². The molecular formula is C10H9BrN2O. The van der Waals surface area contributed by atoms with Crippen molar-refractivity contribution in [3.05, 3.63) is 34.4 Å². The van der Waals surface area contributed by atoms with Gasteiger partial charge in [0.15, 0.2) is 0 Å². The molecule has 2 rings (SSSR count). The molecular weight excluding hydrogens is 244 g/mol. The van der Waals surface area contributed by atoms with Gasteiger partial charge in [0.25, 0.3) is 0 Å². The topological polar surface area (TPSA) is 48.9 Å². The summed E-state index contributed by atoms with van der Waals surface area (Å²) in [6.07, 6.45) is 1.40. The Morgan fingerprint density at radius 1 is 1.43 bits per heavy atom. The molecule has 0 aliphatic heterocycles. The first-order chi connectivity index (χ1) is 6.66. The van der Waals surface area contributed by atoms with Crippen molar-refractivity contribution in [3.8, 4) is 17.3 Å². The predicted molar refractivity (Wildman–Crippen MR) is 58.1 cm³/mol. The number of aromatic hydroxyl groups is 1. The summed E-state index contributed by atoms with van der Waals surface area (Å²) in [6, 6.07) is 5.91. The molecule has 0 saturated carbocycles. The van der Waals surface area contributed by atoms with Crippen LogP contribution in [-0.2, 0) is 0 Å². The normalized spacial score (nSPS) is 10.4. The highest BCUT2D eigenvalue weighted by atomic mass is 79.9. The van der Waals surface area contributed by atoms with Crippen molar-refractivity contribution in [2.24, 2.45) is 0 Å². The van der Waals surface area contributed by atoms with E-state index in [0.717, 1.165) is 15.6 Å². The van der Waals surface area contributed by atoms with E-state index in [1.165, 1.54) is 6.20 Å². The van der Waals surface area contributed by atoms with Crippen molar-refractivity contribution < 1.29 is 5.11 Å². The quantitative estimate of drug-likeness (QED) is 0.820. The van der Waals surface area contributed by atoms with Crippen LogP contribution in [0.25, 0.3) is 11.4 Å². The summed E-state index contributed by atoms with van der Waals surface area (Å²) in [5.74, 6) is 0.773. The third-order valence-electron chi connectivity index (χ3n) is 2.01. The number of hydrogen-bond donors (Lipinski definition) is 2. The van der Waals surface area contributed by atoms with Crippen LogP contribution < -0.4 is 0 Å². The Labute approximate surface area is 89.9 Å². The van der Waals surface area contributed by atoms with Gasteiger partial charge >= 0.3 is 0 Å². The first kappa shape index (κ1) is 9.27. The Bertz CT molecular complexity index is 465. The Morgan fingerprint density at radius 3 is 2.79 bits per heavy atom. The minimum absolute atomic E-state index is 0.0855. The molecule has 0 aliphatic rings. The molecule has 0 atom stereocenters. The van der Waals surface area contributed by atoms with Gasteiger partial charge in [-0.1, -0.05) is 15.9 Å². The van der Waals surface area contributed by atoms with E-state index in [0.29, 0.717) is 5.82 Å². The SMILES string of the molecule is Cc1cc(Br)ccc1-c1ncc(O)[nH]1.